The van der Waals surface area contributed by atoms with Gasteiger partial charge in [-0.15, -0.1) is 0 Å². The van der Waals surface area contributed by atoms with Crippen LogP contribution in [-0.2, 0) is 0 Å². The van der Waals surface area contributed by atoms with Crippen molar-refractivity contribution in [1.29, 1.82) is 0 Å². The monoisotopic (exact) mass is 286 g/mol. The molecule has 3 nitrogen and oxygen atoms in total. The Morgan fingerprint density at radius 2 is 2.12 bits per heavy atom. The van der Waals surface area contributed by atoms with E-state index in [1.807, 2.05) is 0 Å². The molecule has 4 heteroatoms. The largest absolute Gasteiger partial charge is 0.475 e. The van der Waals surface area contributed by atoms with Crippen molar-refractivity contribution < 1.29 is 4.74 Å². The summed E-state index contributed by atoms with van der Waals surface area (Å²) in [6, 6.07) is 1.79. The summed E-state index contributed by atoms with van der Waals surface area (Å²) >= 11 is 3.29. The summed E-state index contributed by atoms with van der Waals surface area (Å²) in [4.78, 5) is 8.02. The van der Waals surface area contributed by atoms with Crippen LogP contribution in [-0.4, -0.2) is 16.1 Å². The molecule has 1 aromatic rings. The zero-order chi connectivity index (χ0) is 11.8. The van der Waals surface area contributed by atoms with Gasteiger partial charge >= 0.3 is 0 Å². The van der Waals surface area contributed by atoms with Crippen molar-refractivity contribution in [3.63, 3.8) is 0 Å². The molecule has 16 heavy (non-hydrogen) atoms. The SMILES string of the molecule is CCCCCCC(C)Oc1cc(Br)ncn1. The van der Waals surface area contributed by atoms with Crippen molar-refractivity contribution in [3.8, 4) is 5.88 Å². The molecule has 1 rings (SSSR count). The Hall–Kier alpha value is -0.640. The van der Waals surface area contributed by atoms with Gasteiger partial charge in [-0.1, -0.05) is 26.2 Å². The van der Waals surface area contributed by atoms with Gasteiger partial charge in [0.1, 0.15) is 10.9 Å². The number of aromatic nitrogens is 2. The van der Waals surface area contributed by atoms with Crippen LogP contribution in [0.4, 0.5) is 0 Å². The van der Waals surface area contributed by atoms with Crippen LogP contribution in [0.5, 0.6) is 5.88 Å². The van der Waals surface area contributed by atoms with Crippen molar-refractivity contribution in [1.82, 2.24) is 9.97 Å². The molecule has 0 saturated carbocycles. The summed E-state index contributed by atoms with van der Waals surface area (Å²) in [6.07, 6.45) is 7.91. The van der Waals surface area contributed by atoms with E-state index in [2.05, 4.69) is 39.7 Å². The molecule has 0 saturated heterocycles. The maximum absolute atomic E-state index is 5.69. The Balaban J connectivity index is 2.25. The van der Waals surface area contributed by atoms with Crippen molar-refractivity contribution in [2.75, 3.05) is 0 Å². The van der Waals surface area contributed by atoms with Crippen LogP contribution in [0, 0.1) is 0 Å². The topological polar surface area (TPSA) is 35.0 Å². The van der Waals surface area contributed by atoms with Gasteiger partial charge in [0.15, 0.2) is 0 Å². The summed E-state index contributed by atoms with van der Waals surface area (Å²) in [5, 5.41) is 0. The second-order valence-electron chi connectivity index (χ2n) is 3.96. The molecule has 0 aliphatic carbocycles. The molecular formula is C12H19BrN2O. The molecule has 0 radical (unpaired) electrons. The fourth-order valence-corrected chi connectivity index (χ4v) is 1.79. The highest BCUT2D eigenvalue weighted by atomic mass is 79.9. The van der Waals surface area contributed by atoms with Gasteiger partial charge in [-0.25, -0.2) is 9.97 Å². The van der Waals surface area contributed by atoms with Crippen LogP contribution in [0.2, 0.25) is 0 Å². The fourth-order valence-electron chi connectivity index (χ4n) is 1.51. The Labute approximate surface area is 106 Å². The number of ether oxygens (including phenoxy) is 1. The van der Waals surface area contributed by atoms with Crippen LogP contribution in [0.3, 0.4) is 0 Å². The van der Waals surface area contributed by atoms with Gasteiger partial charge in [0.05, 0.1) is 6.10 Å². The second-order valence-corrected chi connectivity index (χ2v) is 4.77. The third-order valence-corrected chi connectivity index (χ3v) is 2.83. The fraction of sp³-hybridized carbons (Fsp3) is 0.667. The van der Waals surface area contributed by atoms with Gasteiger partial charge in [0, 0.05) is 6.07 Å². The second kappa shape index (κ2) is 7.60. The maximum atomic E-state index is 5.69. The zero-order valence-electron chi connectivity index (χ0n) is 9.95. The molecule has 1 aromatic heterocycles. The van der Waals surface area contributed by atoms with Gasteiger partial charge in [-0.05, 0) is 35.7 Å². The normalized spacial score (nSPS) is 12.4. The number of halogens is 1. The standard InChI is InChI=1S/C12H19BrN2O/c1-3-4-5-6-7-10(2)16-12-8-11(13)14-9-15-12/h8-10H,3-7H2,1-2H3. The van der Waals surface area contributed by atoms with Crippen molar-refractivity contribution in [2.24, 2.45) is 0 Å². The maximum Gasteiger partial charge on any atom is 0.217 e. The van der Waals surface area contributed by atoms with Gasteiger partial charge in [-0.2, -0.15) is 0 Å². The Morgan fingerprint density at radius 1 is 1.31 bits per heavy atom. The summed E-state index contributed by atoms with van der Waals surface area (Å²) in [5.41, 5.74) is 0. The zero-order valence-corrected chi connectivity index (χ0v) is 11.5. The molecule has 0 fully saturated rings. The Bertz CT molecular complexity index is 307. The van der Waals surface area contributed by atoms with Crippen LogP contribution in [0.15, 0.2) is 17.0 Å². The number of rotatable bonds is 7. The van der Waals surface area contributed by atoms with Crippen molar-refractivity contribution >= 4 is 15.9 Å². The average molecular weight is 287 g/mol. The minimum Gasteiger partial charge on any atom is -0.475 e. The molecule has 0 amide bonds. The first-order chi connectivity index (χ1) is 7.72. The minimum absolute atomic E-state index is 0.221. The van der Waals surface area contributed by atoms with E-state index in [9.17, 15) is 0 Å². The lowest BCUT2D eigenvalue weighted by atomic mass is 10.1. The molecule has 90 valence electrons. The highest BCUT2D eigenvalue weighted by Gasteiger charge is 2.05. The predicted octanol–water partition coefficient (Wildman–Crippen LogP) is 3.98. The molecule has 1 unspecified atom stereocenters. The van der Waals surface area contributed by atoms with Gasteiger partial charge in [0.25, 0.3) is 0 Å². The first kappa shape index (κ1) is 13.4. The third kappa shape index (κ3) is 5.45. The molecule has 1 heterocycles. The number of hydrogen-bond acceptors (Lipinski definition) is 3. The molecular weight excluding hydrogens is 268 g/mol. The van der Waals surface area contributed by atoms with E-state index in [1.165, 1.54) is 32.0 Å². The van der Waals surface area contributed by atoms with E-state index >= 15 is 0 Å². The lowest BCUT2D eigenvalue weighted by Gasteiger charge is -2.13. The first-order valence-electron chi connectivity index (χ1n) is 5.86. The van der Waals surface area contributed by atoms with E-state index in [-0.39, 0.29) is 6.10 Å². The van der Waals surface area contributed by atoms with E-state index in [4.69, 9.17) is 4.74 Å². The number of unbranched alkanes of at least 4 members (excludes halogenated alkanes) is 3. The smallest absolute Gasteiger partial charge is 0.217 e. The number of hydrogen-bond donors (Lipinski definition) is 0. The molecule has 0 aliphatic rings. The van der Waals surface area contributed by atoms with Crippen LogP contribution >= 0.6 is 15.9 Å². The van der Waals surface area contributed by atoms with Gasteiger partial charge in [0.2, 0.25) is 5.88 Å². The van der Waals surface area contributed by atoms with Crippen molar-refractivity contribution in [3.05, 3.63) is 17.0 Å². The van der Waals surface area contributed by atoms with Crippen molar-refractivity contribution in [2.45, 2.75) is 52.1 Å². The minimum atomic E-state index is 0.221. The quantitative estimate of drug-likeness (QED) is 0.562. The van der Waals surface area contributed by atoms with Gasteiger partial charge < -0.3 is 4.74 Å². The summed E-state index contributed by atoms with van der Waals surface area (Å²) in [5.74, 6) is 0.643. The van der Waals surface area contributed by atoms with E-state index in [1.54, 1.807) is 6.07 Å². The molecule has 0 N–H and O–H groups in total. The van der Waals surface area contributed by atoms with E-state index in [0.29, 0.717) is 5.88 Å². The first-order valence-corrected chi connectivity index (χ1v) is 6.66. The lowest BCUT2D eigenvalue weighted by Crippen LogP contribution is -2.12. The highest BCUT2D eigenvalue weighted by Crippen LogP contribution is 2.15. The molecule has 1 atom stereocenters. The Kier molecular flexibility index (Phi) is 6.38. The lowest BCUT2D eigenvalue weighted by molar-refractivity contribution is 0.197. The van der Waals surface area contributed by atoms with Gasteiger partial charge in [-0.3, -0.25) is 0 Å². The van der Waals surface area contributed by atoms with Crippen LogP contribution < -0.4 is 4.74 Å². The molecule has 0 aliphatic heterocycles. The van der Waals surface area contributed by atoms with Crippen LogP contribution in [0.25, 0.3) is 0 Å². The summed E-state index contributed by atoms with van der Waals surface area (Å²) in [7, 11) is 0. The van der Waals surface area contributed by atoms with E-state index in [0.717, 1.165) is 11.0 Å². The predicted molar refractivity (Wildman–Crippen MR) is 68.6 cm³/mol. The summed E-state index contributed by atoms with van der Waals surface area (Å²) < 4.78 is 6.45. The third-order valence-electron chi connectivity index (χ3n) is 2.39. The Morgan fingerprint density at radius 3 is 2.81 bits per heavy atom. The molecule has 0 aromatic carbocycles. The molecule has 0 bridgehead atoms. The number of nitrogens with zero attached hydrogens (tertiary/aromatic N) is 2. The van der Waals surface area contributed by atoms with Crippen LogP contribution in [0.1, 0.15) is 46.0 Å². The summed E-state index contributed by atoms with van der Waals surface area (Å²) in [6.45, 7) is 4.31. The average Bonchev–Trinajstić information content (AvgIpc) is 2.24. The molecule has 0 spiro atoms. The highest BCUT2D eigenvalue weighted by molar-refractivity contribution is 9.10. The van der Waals surface area contributed by atoms with E-state index < -0.39 is 0 Å².